The van der Waals surface area contributed by atoms with Gasteiger partial charge in [-0.15, -0.1) is 0 Å². The molecule has 4 N–H and O–H groups in total. The van der Waals surface area contributed by atoms with Crippen molar-refractivity contribution in [3.63, 3.8) is 0 Å². The molecule has 5 rings (SSSR count). The van der Waals surface area contributed by atoms with Crippen molar-refractivity contribution in [1.29, 1.82) is 0 Å². The van der Waals surface area contributed by atoms with E-state index in [1.165, 1.54) is 17.1 Å². The first kappa shape index (κ1) is 25.2. The van der Waals surface area contributed by atoms with Crippen molar-refractivity contribution in [3.05, 3.63) is 124 Å². The topological polar surface area (TPSA) is 139 Å². The summed E-state index contributed by atoms with van der Waals surface area (Å²) in [6, 6.07) is 23.9. The molecule has 1 unspecified atom stereocenters. The summed E-state index contributed by atoms with van der Waals surface area (Å²) in [4.78, 5) is 43.3. The molecule has 11 nitrogen and oxygen atoms in total. The molecule has 0 spiro atoms. The third-order valence-corrected chi connectivity index (χ3v) is 6.29. The number of urea groups is 1. The van der Waals surface area contributed by atoms with Crippen LogP contribution in [0.5, 0.6) is 0 Å². The van der Waals surface area contributed by atoms with Gasteiger partial charge < -0.3 is 16.0 Å². The van der Waals surface area contributed by atoms with E-state index in [2.05, 4.69) is 31.1 Å². The van der Waals surface area contributed by atoms with Gasteiger partial charge in [0.15, 0.2) is 5.82 Å². The number of amides is 3. The standard InChI is InChI=1S/C28H26N8O3/c1-18-23(27(38)36(35(18)2)22-14-7-4-8-15-22)32-26(37)20-12-9-13-21(16-20)31-28(39)33-24(25-29-17-30-34-25)19-10-5-3-6-11-19/h3-17,24H,1-2H3,(H,32,37)(H,29,30,34)(H2,31,33,39). The molecule has 2 heterocycles. The second-order valence-electron chi connectivity index (χ2n) is 8.78. The molecule has 0 fully saturated rings. The lowest BCUT2D eigenvalue weighted by Gasteiger charge is -2.17. The number of benzene rings is 3. The normalized spacial score (nSPS) is 11.5. The maximum atomic E-state index is 13.2. The zero-order chi connectivity index (χ0) is 27.4. The number of nitrogens with zero attached hydrogens (tertiary/aromatic N) is 4. The Balaban J connectivity index is 1.32. The predicted octanol–water partition coefficient (Wildman–Crippen LogP) is 3.77. The third kappa shape index (κ3) is 5.32. The van der Waals surface area contributed by atoms with E-state index in [-0.39, 0.29) is 16.8 Å². The van der Waals surface area contributed by atoms with E-state index in [4.69, 9.17) is 0 Å². The Morgan fingerprint density at radius 1 is 0.923 bits per heavy atom. The maximum absolute atomic E-state index is 13.2. The summed E-state index contributed by atoms with van der Waals surface area (Å²) in [6.45, 7) is 1.76. The van der Waals surface area contributed by atoms with Gasteiger partial charge in [0.25, 0.3) is 11.5 Å². The van der Waals surface area contributed by atoms with Crippen molar-refractivity contribution >= 4 is 23.3 Å². The van der Waals surface area contributed by atoms with Crippen LogP contribution in [0.4, 0.5) is 16.2 Å². The number of aromatic amines is 1. The molecular weight excluding hydrogens is 496 g/mol. The Kier molecular flexibility index (Phi) is 7.04. The molecule has 0 bridgehead atoms. The van der Waals surface area contributed by atoms with E-state index in [0.717, 1.165) is 5.56 Å². The van der Waals surface area contributed by atoms with E-state index in [0.29, 0.717) is 22.9 Å². The molecule has 0 saturated carbocycles. The second-order valence-corrected chi connectivity index (χ2v) is 8.78. The molecule has 39 heavy (non-hydrogen) atoms. The van der Waals surface area contributed by atoms with Crippen molar-refractivity contribution in [2.75, 3.05) is 10.6 Å². The first-order valence-corrected chi connectivity index (χ1v) is 12.2. The average molecular weight is 523 g/mol. The molecule has 0 radical (unpaired) electrons. The lowest BCUT2D eigenvalue weighted by atomic mass is 10.1. The fourth-order valence-corrected chi connectivity index (χ4v) is 4.24. The fraction of sp³-hybridized carbons (Fsp3) is 0.107. The van der Waals surface area contributed by atoms with Crippen LogP contribution < -0.4 is 21.5 Å². The highest BCUT2D eigenvalue weighted by Crippen LogP contribution is 2.20. The van der Waals surface area contributed by atoms with Gasteiger partial charge in [0.1, 0.15) is 18.1 Å². The summed E-state index contributed by atoms with van der Waals surface area (Å²) < 4.78 is 3.18. The van der Waals surface area contributed by atoms with Gasteiger partial charge in [-0.1, -0.05) is 54.6 Å². The number of hydrogen-bond acceptors (Lipinski definition) is 5. The summed E-state index contributed by atoms with van der Waals surface area (Å²) in [6.07, 6.45) is 1.37. The Bertz CT molecular complexity index is 1660. The molecule has 5 aromatic rings. The van der Waals surface area contributed by atoms with Crippen LogP contribution in [0.25, 0.3) is 5.69 Å². The first-order valence-electron chi connectivity index (χ1n) is 12.2. The third-order valence-electron chi connectivity index (χ3n) is 6.29. The summed E-state index contributed by atoms with van der Waals surface area (Å²) in [5.41, 5.74) is 2.61. The quantitative estimate of drug-likeness (QED) is 0.258. The number of anilines is 2. The number of para-hydroxylation sites is 1. The Hall–Kier alpha value is -5.45. The number of carbonyl (C=O) groups excluding carboxylic acids is 2. The van der Waals surface area contributed by atoms with Crippen molar-refractivity contribution in [1.82, 2.24) is 29.9 Å². The molecular formula is C28H26N8O3. The maximum Gasteiger partial charge on any atom is 0.320 e. The van der Waals surface area contributed by atoms with Crippen LogP contribution in [0.1, 0.15) is 33.5 Å². The van der Waals surface area contributed by atoms with Crippen LogP contribution in [0.2, 0.25) is 0 Å². The number of aromatic nitrogens is 5. The van der Waals surface area contributed by atoms with E-state index < -0.39 is 18.0 Å². The van der Waals surface area contributed by atoms with E-state index in [1.807, 2.05) is 60.7 Å². The largest absolute Gasteiger partial charge is 0.324 e. The lowest BCUT2D eigenvalue weighted by molar-refractivity contribution is 0.102. The molecule has 0 aliphatic carbocycles. The molecule has 11 heteroatoms. The van der Waals surface area contributed by atoms with Crippen LogP contribution in [-0.4, -0.2) is 36.5 Å². The Morgan fingerprint density at radius 3 is 2.33 bits per heavy atom. The van der Waals surface area contributed by atoms with Crippen LogP contribution >= 0.6 is 0 Å². The summed E-state index contributed by atoms with van der Waals surface area (Å²) in [5, 5.41) is 15.1. The van der Waals surface area contributed by atoms with Crippen molar-refractivity contribution in [2.24, 2.45) is 7.05 Å². The highest BCUT2D eigenvalue weighted by atomic mass is 16.2. The van der Waals surface area contributed by atoms with Crippen LogP contribution in [0.15, 0.2) is 96.1 Å². The summed E-state index contributed by atoms with van der Waals surface area (Å²) >= 11 is 0. The highest BCUT2D eigenvalue weighted by Gasteiger charge is 2.21. The van der Waals surface area contributed by atoms with Gasteiger partial charge >= 0.3 is 6.03 Å². The SMILES string of the molecule is Cc1c(NC(=O)c2cccc(NC(=O)NC(c3ccccc3)c3ncn[nH]3)c2)c(=O)n(-c2ccccc2)n1C. The van der Waals surface area contributed by atoms with E-state index >= 15 is 0 Å². The number of nitrogens with one attached hydrogen (secondary N) is 4. The molecule has 1 atom stereocenters. The Morgan fingerprint density at radius 2 is 1.64 bits per heavy atom. The minimum absolute atomic E-state index is 0.181. The average Bonchev–Trinajstić information content (AvgIpc) is 3.56. The number of carbonyl (C=O) groups is 2. The van der Waals surface area contributed by atoms with Crippen LogP contribution in [0.3, 0.4) is 0 Å². The Labute approximate surface area is 223 Å². The summed E-state index contributed by atoms with van der Waals surface area (Å²) in [5.74, 6) is -0.00207. The predicted molar refractivity (Wildman–Crippen MR) is 147 cm³/mol. The van der Waals surface area contributed by atoms with Gasteiger partial charge in [-0.25, -0.2) is 14.5 Å². The molecule has 2 aromatic heterocycles. The second kappa shape index (κ2) is 10.9. The molecule has 3 aromatic carbocycles. The highest BCUT2D eigenvalue weighted by molar-refractivity contribution is 6.05. The number of H-pyrrole nitrogens is 1. The van der Waals surface area contributed by atoms with Crippen molar-refractivity contribution in [2.45, 2.75) is 13.0 Å². The van der Waals surface area contributed by atoms with Crippen molar-refractivity contribution in [3.8, 4) is 5.69 Å². The van der Waals surface area contributed by atoms with Crippen LogP contribution in [0, 0.1) is 6.92 Å². The number of hydrogen-bond donors (Lipinski definition) is 4. The van der Waals surface area contributed by atoms with Gasteiger partial charge in [-0.2, -0.15) is 5.10 Å². The monoisotopic (exact) mass is 522 g/mol. The molecule has 0 saturated heterocycles. The minimum atomic E-state index is -0.562. The molecule has 196 valence electrons. The van der Waals surface area contributed by atoms with Gasteiger partial charge in [0.05, 0.1) is 11.4 Å². The van der Waals surface area contributed by atoms with E-state index in [1.54, 1.807) is 36.9 Å². The zero-order valence-corrected chi connectivity index (χ0v) is 21.3. The first-order chi connectivity index (χ1) is 18.9. The van der Waals surface area contributed by atoms with Gasteiger partial charge in [-0.3, -0.25) is 19.4 Å². The smallest absolute Gasteiger partial charge is 0.320 e. The zero-order valence-electron chi connectivity index (χ0n) is 21.3. The van der Waals surface area contributed by atoms with Crippen molar-refractivity contribution < 1.29 is 9.59 Å². The molecule has 0 aliphatic rings. The lowest BCUT2D eigenvalue weighted by Crippen LogP contribution is -2.33. The summed E-state index contributed by atoms with van der Waals surface area (Å²) in [7, 11) is 1.75. The van der Waals surface area contributed by atoms with Gasteiger partial charge in [-0.05, 0) is 42.8 Å². The molecule has 0 aliphatic heterocycles. The van der Waals surface area contributed by atoms with Gasteiger partial charge in [0, 0.05) is 18.3 Å². The van der Waals surface area contributed by atoms with Gasteiger partial charge in [0.2, 0.25) is 0 Å². The minimum Gasteiger partial charge on any atom is -0.324 e. The van der Waals surface area contributed by atoms with Crippen LogP contribution in [-0.2, 0) is 7.05 Å². The fourth-order valence-electron chi connectivity index (χ4n) is 4.24. The van der Waals surface area contributed by atoms with E-state index in [9.17, 15) is 14.4 Å². The molecule has 3 amide bonds. The number of rotatable bonds is 7.